The molecule has 0 bridgehead atoms. The van der Waals surface area contributed by atoms with Crippen LogP contribution in [0.1, 0.15) is 24.8 Å². The van der Waals surface area contributed by atoms with Crippen molar-refractivity contribution in [3.8, 4) is 11.5 Å². The van der Waals surface area contributed by atoms with Crippen LogP contribution in [-0.2, 0) is 11.2 Å². The van der Waals surface area contributed by atoms with Gasteiger partial charge in [-0.3, -0.25) is 4.79 Å². The molecular formula is C21H25NO3. The minimum atomic E-state index is 0.195. The molecule has 0 unspecified atom stereocenters. The van der Waals surface area contributed by atoms with Gasteiger partial charge in [-0.1, -0.05) is 36.4 Å². The van der Waals surface area contributed by atoms with Gasteiger partial charge in [-0.05, 0) is 30.2 Å². The first kappa shape index (κ1) is 17.3. The molecule has 1 aliphatic rings. The second kappa shape index (κ2) is 8.56. The second-order valence-corrected chi connectivity index (χ2v) is 6.32. The largest absolute Gasteiger partial charge is 0.496 e. The van der Waals surface area contributed by atoms with Crippen LogP contribution in [-0.4, -0.2) is 37.1 Å². The average Bonchev–Trinajstić information content (AvgIpc) is 2.67. The summed E-state index contributed by atoms with van der Waals surface area (Å²) in [6.45, 7) is 1.53. The highest BCUT2D eigenvalue weighted by molar-refractivity contribution is 5.76. The highest BCUT2D eigenvalue weighted by Crippen LogP contribution is 2.21. The number of nitrogens with zero attached hydrogens (tertiary/aromatic N) is 1. The molecule has 25 heavy (non-hydrogen) atoms. The number of amides is 1. The van der Waals surface area contributed by atoms with Gasteiger partial charge in [-0.15, -0.1) is 0 Å². The summed E-state index contributed by atoms with van der Waals surface area (Å²) in [7, 11) is 1.66. The number of piperidine rings is 1. The van der Waals surface area contributed by atoms with E-state index in [0.29, 0.717) is 12.8 Å². The van der Waals surface area contributed by atoms with Crippen molar-refractivity contribution in [2.45, 2.75) is 31.8 Å². The van der Waals surface area contributed by atoms with Crippen LogP contribution < -0.4 is 9.47 Å². The fourth-order valence-corrected chi connectivity index (χ4v) is 3.22. The molecule has 0 N–H and O–H groups in total. The van der Waals surface area contributed by atoms with Crippen LogP contribution in [0, 0.1) is 0 Å². The molecule has 4 heteroatoms. The van der Waals surface area contributed by atoms with Crippen LogP contribution in [0.2, 0.25) is 0 Å². The van der Waals surface area contributed by atoms with Gasteiger partial charge in [0, 0.05) is 32.4 Å². The van der Waals surface area contributed by atoms with Gasteiger partial charge in [0.25, 0.3) is 0 Å². The topological polar surface area (TPSA) is 38.8 Å². The summed E-state index contributed by atoms with van der Waals surface area (Å²) in [6.07, 6.45) is 3.19. The van der Waals surface area contributed by atoms with Crippen LogP contribution in [0.15, 0.2) is 54.6 Å². The van der Waals surface area contributed by atoms with Gasteiger partial charge in [0.15, 0.2) is 0 Å². The normalized spacial score (nSPS) is 15.0. The first-order chi connectivity index (χ1) is 12.3. The molecule has 1 heterocycles. The van der Waals surface area contributed by atoms with Gasteiger partial charge < -0.3 is 14.4 Å². The van der Waals surface area contributed by atoms with E-state index < -0.39 is 0 Å². The number of benzene rings is 2. The summed E-state index contributed by atoms with van der Waals surface area (Å²) in [6, 6.07) is 17.8. The van der Waals surface area contributed by atoms with Crippen molar-refractivity contribution in [2.24, 2.45) is 0 Å². The molecule has 0 radical (unpaired) electrons. The Morgan fingerprint density at radius 1 is 1.04 bits per heavy atom. The van der Waals surface area contributed by atoms with Gasteiger partial charge in [0.05, 0.1) is 7.11 Å². The number of ether oxygens (including phenoxy) is 2. The smallest absolute Gasteiger partial charge is 0.222 e. The lowest BCUT2D eigenvalue weighted by molar-refractivity contribution is -0.132. The maximum Gasteiger partial charge on any atom is 0.222 e. The van der Waals surface area contributed by atoms with Crippen molar-refractivity contribution in [3.05, 3.63) is 60.2 Å². The van der Waals surface area contributed by atoms with E-state index in [1.807, 2.05) is 59.5 Å². The van der Waals surface area contributed by atoms with Crippen LogP contribution >= 0.6 is 0 Å². The van der Waals surface area contributed by atoms with Crippen molar-refractivity contribution in [1.82, 2.24) is 4.90 Å². The van der Waals surface area contributed by atoms with Crippen LogP contribution in [0.3, 0.4) is 0 Å². The number of carbonyl (C=O) groups excluding carboxylic acids is 1. The molecule has 132 valence electrons. The lowest BCUT2D eigenvalue weighted by Crippen LogP contribution is -2.41. The molecule has 0 atom stereocenters. The number of para-hydroxylation sites is 2. The molecular weight excluding hydrogens is 314 g/mol. The van der Waals surface area contributed by atoms with Crippen molar-refractivity contribution in [2.75, 3.05) is 20.2 Å². The van der Waals surface area contributed by atoms with E-state index in [9.17, 15) is 4.79 Å². The maximum atomic E-state index is 12.5. The Morgan fingerprint density at radius 3 is 2.44 bits per heavy atom. The zero-order valence-corrected chi connectivity index (χ0v) is 14.7. The van der Waals surface area contributed by atoms with Crippen molar-refractivity contribution < 1.29 is 14.3 Å². The number of methoxy groups -OCH3 is 1. The Balaban J connectivity index is 1.45. The standard InChI is InChI=1S/C21H25NO3/c1-24-20-10-6-5-7-17(20)11-12-21(23)22-15-13-19(14-16-22)25-18-8-3-2-4-9-18/h2-10,19H,11-16H2,1H3. The SMILES string of the molecule is COc1ccccc1CCC(=O)N1CCC(Oc2ccccc2)CC1. The van der Waals surface area contributed by atoms with Crippen molar-refractivity contribution in [3.63, 3.8) is 0 Å². The minimum Gasteiger partial charge on any atom is -0.496 e. The van der Waals surface area contributed by atoms with Gasteiger partial charge in [0.2, 0.25) is 5.91 Å². The lowest BCUT2D eigenvalue weighted by Gasteiger charge is -2.32. The Hall–Kier alpha value is -2.49. The second-order valence-electron chi connectivity index (χ2n) is 6.32. The molecule has 2 aromatic rings. The summed E-state index contributed by atoms with van der Waals surface area (Å²) in [5.74, 6) is 1.97. The summed E-state index contributed by atoms with van der Waals surface area (Å²) >= 11 is 0. The number of hydrogen-bond acceptors (Lipinski definition) is 3. The number of likely N-dealkylation sites (tertiary alicyclic amines) is 1. The van der Waals surface area contributed by atoms with E-state index in [1.54, 1.807) is 7.11 Å². The van der Waals surface area contributed by atoms with Crippen molar-refractivity contribution >= 4 is 5.91 Å². The highest BCUT2D eigenvalue weighted by atomic mass is 16.5. The van der Waals surface area contributed by atoms with E-state index in [0.717, 1.165) is 43.0 Å². The van der Waals surface area contributed by atoms with E-state index in [2.05, 4.69) is 0 Å². The fraction of sp³-hybridized carbons (Fsp3) is 0.381. The number of hydrogen-bond donors (Lipinski definition) is 0. The predicted octanol–water partition coefficient (Wildman–Crippen LogP) is 3.70. The Kier molecular flexibility index (Phi) is 5.94. The molecule has 1 fully saturated rings. The molecule has 3 rings (SSSR count). The zero-order chi connectivity index (χ0) is 17.5. The number of carbonyl (C=O) groups is 1. The third kappa shape index (κ3) is 4.75. The van der Waals surface area contributed by atoms with E-state index >= 15 is 0 Å². The molecule has 1 amide bonds. The van der Waals surface area contributed by atoms with Gasteiger partial charge in [-0.25, -0.2) is 0 Å². The van der Waals surface area contributed by atoms with E-state index in [1.165, 1.54) is 0 Å². The summed E-state index contributed by atoms with van der Waals surface area (Å²) in [5.41, 5.74) is 1.08. The molecule has 1 aliphatic heterocycles. The first-order valence-electron chi connectivity index (χ1n) is 8.87. The molecule has 0 spiro atoms. The first-order valence-corrected chi connectivity index (χ1v) is 8.87. The van der Waals surface area contributed by atoms with Crippen LogP contribution in [0.4, 0.5) is 0 Å². The zero-order valence-electron chi connectivity index (χ0n) is 14.7. The fourth-order valence-electron chi connectivity index (χ4n) is 3.22. The Bertz CT molecular complexity index is 679. The molecule has 4 nitrogen and oxygen atoms in total. The molecule has 1 saturated heterocycles. The van der Waals surface area contributed by atoms with Gasteiger partial charge in [0.1, 0.15) is 17.6 Å². The Morgan fingerprint density at radius 2 is 1.72 bits per heavy atom. The molecule has 2 aromatic carbocycles. The number of rotatable bonds is 6. The molecule has 0 saturated carbocycles. The lowest BCUT2D eigenvalue weighted by atomic mass is 10.0. The highest BCUT2D eigenvalue weighted by Gasteiger charge is 2.23. The van der Waals surface area contributed by atoms with E-state index in [4.69, 9.17) is 9.47 Å². The Labute approximate surface area is 149 Å². The third-order valence-corrected chi connectivity index (χ3v) is 4.64. The van der Waals surface area contributed by atoms with Crippen LogP contribution in [0.25, 0.3) is 0 Å². The van der Waals surface area contributed by atoms with E-state index in [-0.39, 0.29) is 12.0 Å². The summed E-state index contributed by atoms with van der Waals surface area (Å²) in [4.78, 5) is 14.4. The maximum absolute atomic E-state index is 12.5. The molecule has 0 aliphatic carbocycles. The van der Waals surface area contributed by atoms with Crippen LogP contribution in [0.5, 0.6) is 11.5 Å². The minimum absolute atomic E-state index is 0.195. The van der Waals surface area contributed by atoms with Crippen molar-refractivity contribution in [1.29, 1.82) is 0 Å². The summed E-state index contributed by atoms with van der Waals surface area (Å²) < 4.78 is 11.3. The van der Waals surface area contributed by atoms with Gasteiger partial charge >= 0.3 is 0 Å². The third-order valence-electron chi connectivity index (χ3n) is 4.64. The number of aryl methyl sites for hydroxylation is 1. The van der Waals surface area contributed by atoms with Gasteiger partial charge in [-0.2, -0.15) is 0 Å². The monoisotopic (exact) mass is 339 g/mol. The molecule has 0 aromatic heterocycles. The predicted molar refractivity (Wildman–Crippen MR) is 98.0 cm³/mol. The summed E-state index contributed by atoms with van der Waals surface area (Å²) in [5, 5.41) is 0. The average molecular weight is 339 g/mol. The quantitative estimate of drug-likeness (QED) is 0.805.